The first-order valence-electron chi connectivity index (χ1n) is 7.63. The number of nitrogens with zero attached hydrogens (tertiary/aromatic N) is 2. The molecule has 0 spiro atoms. The van der Waals surface area contributed by atoms with E-state index in [4.69, 9.17) is 27.9 Å². The summed E-state index contributed by atoms with van der Waals surface area (Å²) < 4.78 is 32.4. The molecular formula is C15H15Cl2N3O4S2. The first kappa shape index (κ1) is 19.4. The number of morpholine rings is 1. The summed E-state index contributed by atoms with van der Waals surface area (Å²) in [6.45, 7) is 1.74. The van der Waals surface area contributed by atoms with Crippen molar-refractivity contribution in [3.63, 3.8) is 0 Å². The fraction of sp³-hybridized carbons (Fsp3) is 0.333. The average molecular weight is 436 g/mol. The molecule has 140 valence electrons. The molecule has 0 bridgehead atoms. The van der Waals surface area contributed by atoms with Gasteiger partial charge in [-0.1, -0.05) is 23.2 Å². The predicted octanol–water partition coefficient (Wildman–Crippen LogP) is 2.65. The van der Waals surface area contributed by atoms with Gasteiger partial charge in [0, 0.05) is 35.6 Å². The average Bonchev–Trinajstić information content (AvgIpc) is 3.00. The van der Waals surface area contributed by atoms with Gasteiger partial charge in [0.25, 0.3) is 10.0 Å². The molecule has 1 amide bonds. The molecule has 1 aromatic carbocycles. The zero-order chi connectivity index (χ0) is 18.7. The number of sulfonamides is 1. The predicted molar refractivity (Wildman–Crippen MR) is 100 cm³/mol. The maximum Gasteiger partial charge on any atom is 0.265 e. The van der Waals surface area contributed by atoms with Gasteiger partial charge < -0.3 is 9.64 Å². The van der Waals surface area contributed by atoms with Crippen molar-refractivity contribution in [3.8, 4) is 0 Å². The SMILES string of the molecule is O=C1COCCN1CCc1cnc(NS(=O)(=O)c2ccc(Cl)cc2Cl)s1. The molecule has 26 heavy (non-hydrogen) atoms. The lowest BCUT2D eigenvalue weighted by atomic mass is 10.3. The van der Waals surface area contributed by atoms with Crippen LogP contribution in [-0.2, 0) is 26.0 Å². The zero-order valence-electron chi connectivity index (χ0n) is 13.4. The van der Waals surface area contributed by atoms with Gasteiger partial charge in [-0.3, -0.25) is 9.52 Å². The second kappa shape index (κ2) is 8.10. The molecule has 1 aromatic heterocycles. The van der Waals surface area contributed by atoms with Crippen LogP contribution in [-0.4, -0.2) is 50.5 Å². The smallest absolute Gasteiger partial charge is 0.265 e. The molecule has 7 nitrogen and oxygen atoms in total. The van der Waals surface area contributed by atoms with Crippen LogP contribution in [0.3, 0.4) is 0 Å². The molecule has 0 unspecified atom stereocenters. The molecule has 1 saturated heterocycles. The molecule has 11 heteroatoms. The summed E-state index contributed by atoms with van der Waals surface area (Å²) >= 11 is 13.0. The molecule has 0 radical (unpaired) electrons. The number of anilines is 1. The Morgan fingerprint density at radius 1 is 1.35 bits per heavy atom. The standard InChI is InChI=1S/C15H15Cl2N3O4S2/c16-10-1-2-13(12(17)7-10)26(22,23)19-15-18-8-11(25-15)3-4-20-5-6-24-9-14(20)21/h1-2,7-8H,3-6,9H2,(H,18,19). The van der Waals surface area contributed by atoms with Crippen molar-refractivity contribution < 1.29 is 17.9 Å². The minimum atomic E-state index is -3.87. The Morgan fingerprint density at radius 2 is 2.15 bits per heavy atom. The lowest BCUT2D eigenvalue weighted by Crippen LogP contribution is -2.42. The third-order valence-corrected chi connectivity index (χ3v) is 6.83. The molecule has 2 aromatic rings. The molecule has 0 aliphatic carbocycles. The number of hydrogen-bond donors (Lipinski definition) is 1. The molecule has 1 aliphatic heterocycles. The van der Waals surface area contributed by atoms with Crippen molar-refractivity contribution in [1.29, 1.82) is 0 Å². The molecular weight excluding hydrogens is 421 g/mol. The number of thiazole rings is 1. The van der Waals surface area contributed by atoms with Crippen molar-refractivity contribution in [2.24, 2.45) is 0 Å². The second-order valence-corrected chi connectivity index (χ2v) is 9.11. The van der Waals surface area contributed by atoms with E-state index in [0.29, 0.717) is 31.1 Å². The normalized spacial score (nSPS) is 15.3. The van der Waals surface area contributed by atoms with E-state index in [1.165, 1.54) is 29.5 Å². The van der Waals surface area contributed by atoms with Crippen molar-refractivity contribution in [1.82, 2.24) is 9.88 Å². The number of rotatable bonds is 6. The van der Waals surface area contributed by atoms with Gasteiger partial charge >= 0.3 is 0 Å². The number of benzene rings is 1. The van der Waals surface area contributed by atoms with Gasteiger partial charge in [-0.05, 0) is 18.2 Å². The van der Waals surface area contributed by atoms with E-state index < -0.39 is 10.0 Å². The van der Waals surface area contributed by atoms with E-state index in [0.717, 1.165) is 4.88 Å². The van der Waals surface area contributed by atoms with E-state index >= 15 is 0 Å². The van der Waals surface area contributed by atoms with Crippen LogP contribution in [0.25, 0.3) is 0 Å². The lowest BCUT2D eigenvalue weighted by Gasteiger charge is -2.26. The Morgan fingerprint density at radius 3 is 2.88 bits per heavy atom. The van der Waals surface area contributed by atoms with Gasteiger partial charge in [-0.15, -0.1) is 11.3 Å². The van der Waals surface area contributed by atoms with E-state index in [1.54, 1.807) is 11.1 Å². The van der Waals surface area contributed by atoms with Crippen LogP contribution >= 0.6 is 34.5 Å². The number of halogens is 2. The number of aromatic nitrogens is 1. The van der Waals surface area contributed by atoms with Crippen LogP contribution in [0.4, 0.5) is 5.13 Å². The van der Waals surface area contributed by atoms with Gasteiger partial charge in [-0.2, -0.15) is 0 Å². The van der Waals surface area contributed by atoms with Crippen molar-refractivity contribution in [2.75, 3.05) is 31.0 Å². The minimum absolute atomic E-state index is 0.0348. The van der Waals surface area contributed by atoms with Gasteiger partial charge in [-0.25, -0.2) is 13.4 Å². The Bertz CT molecular complexity index is 917. The van der Waals surface area contributed by atoms with Crippen LogP contribution in [0.15, 0.2) is 29.3 Å². The van der Waals surface area contributed by atoms with Crippen molar-refractivity contribution in [2.45, 2.75) is 11.3 Å². The third-order valence-electron chi connectivity index (χ3n) is 3.67. The molecule has 3 rings (SSSR count). The molecule has 1 fully saturated rings. The monoisotopic (exact) mass is 435 g/mol. The zero-order valence-corrected chi connectivity index (χ0v) is 16.6. The molecule has 1 aliphatic rings. The number of ether oxygens (including phenoxy) is 1. The summed E-state index contributed by atoms with van der Waals surface area (Å²) in [6.07, 6.45) is 2.18. The Kier molecular flexibility index (Phi) is 6.03. The number of carbonyl (C=O) groups excluding carboxylic acids is 1. The Labute approximate surface area is 164 Å². The first-order valence-corrected chi connectivity index (χ1v) is 10.7. The van der Waals surface area contributed by atoms with Gasteiger partial charge in [0.05, 0.1) is 11.6 Å². The van der Waals surface area contributed by atoms with Crippen LogP contribution < -0.4 is 4.72 Å². The molecule has 0 saturated carbocycles. The highest BCUT2D eigenvalue weighted by Gasteiger charge is 2.21. The first-order chi connectivity index (χ1) is 12.3. The summed E-state index contributed by atoms with van der Waals surface area (Å²) in [7, 11) is -3.87. The topological polar surface area (TPSA) is 88.6 Å². The van der Waals surface area contributed by atoms with Gasteiger partial charge in [0.2, 0.25) is 5.91 Å². The highest BCUT2D eigenvalue weighted by Crippen LogP contribution is 2.28. The van der Waals surface area contributed by atoms with Crippen LogP contribution in [0, 0.1) is 0 Å². The number of hydrogen-bond acceptors (Lipinski definition) is 6. The molecule has 1 N–H and O–H groups in total. The fourth-order valence-corrected chi connectivity index (χ4v) is 5.18. The number of nitrogens with one attached hydrogen (secondary N) is 1. The van der Waals surface area contributed by atoms with Gasteiger partial charge in [0.15, 0.2) is 5.13 Å². The third kappa shape index (κ3) is 4.66. The van der Waals surface area contributed by atoms with E-state index in [-0.39, 0.29) is 27.6 Å². The largest absolute Gasteiger partial charge is 0.370 e. The summed E-state index contributed by atoms with van der Waals surface area (Å²) in [4.78, 5) is 18.3. The maximum absolute atomic E-state index is 12.5. The van der Waals surface area contributed by atoms with Crippen LogP contribution in [0.5, 0.6) is 0 Å². The highest BCUT2D eigenvalue weighted by molar-refractivity contribution is 7.93. The number of carbonyl (C=O) groups is 1. The van der Waals surface area contributed by atoms with E-state index in [1.807, 2.05) is 0 Å². The summed E-state index contributed by atoms with van der Waals surface area (Å²) in [6, 6.07) is 4.16. The lowest BCUT2D eigenvalue weighted by molar-refractivity contribution is -0.142. The summed E-state index contributed by atoms with van der Waals surface area (Å²) in [5.41, 5.74) is 0. The van der Waals surface area contributed by atoms with Gasteiger partial charge in [0.1, 0.15) is 11.5 Å². The van der Waals surface area contributed by atoms with E-state index in [2.05, 4.69) is 9.71 Å². The maximum atomic E-state index is 12.5. The quantitative estimate of drug-likeness (QED) is 0.752. The van der Waals surface area contributed by atoms with Crippen molar-refractivity contribution >= 4 is 55.6 Å². The summed E-state index contributed by atoms with van der Waals surface area (Å²) in [5, 5.41) is 0.620. The number of amides is 1. The molecule has 0 atom stereocenters. The Balaban J connectivity index is 1.65. The fourth-order valence-electron chi connectivity index (χ4n) is 2.37. The highest BCUT2D eigenvalue weighted by atomic mass is 35.5. The second-order valence-electron chi connectivity index (χ2n) is 5.50. The Hall–Kier alpha value is -1.39. The minimum Gasteiger partial charge on any atom is -0.370 e. The summed E-state index contributed by atoms with van der Waals surface area (Å²) in [5.74, 6) is -0.0425. The molecule has 2 heterocycles. The van der Waals surface area contributed by atoms with Crippen LogP contribution in [0.1, 0.15) is 4.88 Å². The van der Waals surface area contributed by atoms with Crippen molar-refractivity contribution in [3.05, 3.63) is 39.3 Å². The van der Waals surface area contributed by atoms with E-state index in [9.17, 15) is 13.2 Å². The van der Waals surface area contributed by atoms with Crippen LogP contribution in [0.2, 0.25) is 10.0 Å².